The minimum absolute atomic E-state index is 0. The first-order chi connectivity index (χ1) is 59.7. The molecule has 131 heavy (non-hydrogen) atoms. The number of nitrogens with one attached hydrogen (secondary N) is 2. The lowest BCUT2D eigenvalue weighted by Crippen LogP contribution is -2.30. The number of alkyl halides is 1. The van der Waals surface area contributed by atoms with E-state index >= 15 is 0 Å². The Hall–Kier alpha value is -1.99. The lowest BCUT2D eigenvalue weighted by atomic mass is 10.1. The van der Waals surface area contributed by atoms with E-state index in [0.29, 0.717) is 51.9 Å². The fourth-order valence-corrected chi connectivity index (χ4v) is 27.3. The number of ether oxygens (including phenoxy) is 6. The Balaban J connectivity index is 0.000000521. The van der Waals surface area contributed by atoms with Gasteiger partial charge in [-0.3, -0.25) is 19.2 Å². The normalized spacial score (nSPS) is 18.9. The molecule has 0 aromatic heterocycles. The van der Waals surface area contributed by atoms with Gasteiger partial charge in [0.05, 0.1) is 95.4 Å². The quantitative estimate of drug-likeness (QED) is 0.0186. The standard InChI is InChI=1S/C17H22Cl3NO5S.C13H14Cl3NO5S.C12H12Cl3NO4S.C11H12Cl3NO3S.C6H11BrO2.C6H2Cl4O2S.C6H11NO2.C5H9NO2.2ClH/c1-17(2,3)26-15(22)10-25-9-11-4-5-21(8-11)27(23,24)16-13(19)6-12(18)7-14(16)20;14-9-3-10(15)13(11(16)4-9)23(20,21)17-2-1-8(5-17)6-22-7-12(18)19;1-20-12(17)7-2-3-16(6-7)21(18,19)11-9(14)4-8(13)5-10(11)15;12-8-3-9(13)11(10(14)4-8)19(17,18)15-2-1-7(5-15)6-16;1-6(2,3)9-5(8)4-7;7-3-1-4(8)6(5(9)2-3)13(10,11)12;1-9-6(8)5-2-3-7-4-5;7-5(8)4-1-2-6-3-4;;/h6-7,11H,4-5,8-10H2,1-3H3;3-4,8H,1-2,5-7H2,(H,18,19);4-5,7H,2-3,6H2,1H3;3-4,7,16H,1-2,5-6H2;4H2,1-3H3;1-2H;5,7H,2-4H2,1H3;4,6H,1-3H2,(H,7,8);2*1H. The second-order valence-corrected chi connectivity index (χ2v) is 47.3. The predicted molar refractivity (Wildman–Crippen MR) is 518 cm³/mol. The molecular formula is C76H95BrCl18N6O25S5. The van der Waals surface area contributed by atoms with Crippen molar-refractivity contribution in [2.45, 2.75) is 116 Å². The van der Waals surface area contributed by atoms with E-state index in [-0.39, 0.29) is 236 Å². The minimum atomic E-state index is -3.93. The second kappa shape index (κ2) is 57.2. The van der Waals surface area contributed by atoms with E-state index in [4.69, 9.17) is 219 Å². The molecule has 31 nitrogen and oxygen atoms in total. The number of nitrogens with zero attached hydrogens (tertiary/aromatic N) is 4. The van der Waals surface area contributed by atoms with Crippen LogP contribution in [0.2, 0.25) is 75.3 Å². The monoisotopic (exact) mass is 2360 g/mol. The highest BCUT2D eigenvalue weighted by atomic mass is 79.9. The van der Waals surface area contributed by atoms with Gasteiger partial charge in [0.2, 0.25) is 40.1 Å². The molecule has 6 heterocycles. The van der Waals surface area contributed by atoms with E-state index in [0.717, 1.165) is 32.5 Å². The predicted octanol–water partition coefficient (Wildman–Crippen LogP) is 17.8. The van der Waals surface area contributed by atoms with Gasteiger partial charge in [-0.2, -0.15) is 17.2 Å². The fraction of sp³-hybridized carbons (Fsp3) is 0.526. The van der Waals surface area contributed by atoms with Crippen molar-refractivity contribution in [3.8, 4) is 0 Å². The molecule has 5 aromatic carbocycles. The number of aliphatic carboxylic acids is 2. The van der Waals surface area contributed by atoms with E-state index in [1.165, 1.54) is 92.1 Å². The summed E-state index contributed by atoms with van der Waals surface area (Å²) >= 11 is 90.8. The number of hydrogen-bond donors (Lipinski definition) is 5. The van der Waals surface area contributed by atoms with Crippen LogP contribution >= 0.6 is 225 Å². The molecule has 6 aliphatic rings. The number of carbonyl (C=O) groups excluding carboxylic acids is 4. The highest BCUT2D eigenvalue weighted by molar-refractivity contribution is 9.09. The number of carboxylic acid groups (broad SMARTS) is 2. The third kappa shape index (κ3) is 40.5. The van der Waals surface area contributed by atoms with Crippen LogP contribution in [0.15, 0.2) is 85.1 Å². The Morgan fingerprint density at radius 1 is 0.405 bits per heavy atom. The van der Waals surface area contributed by atoms with Crippen LogP contribution in [0.1, 0.15) is 80.1 Å². The molecule has 6 fully saturated rings. The van der Waals surface area contributed by atoms with E-state index in [1.807, 2.05) is 20.8 Å². The van der Waals surface area contributed by atoms with Crippen LogP contribution in [0, 0.1) is 35.5 Å². The highest BCUT2D eigenvalue weighted by Crippen LogP contribution is 2.42. The van der Waals surface area contributed by atoms with Crippen LogP contribution in [0.4, 0.5) is 0 Å². The number of benzene rings is 5. The Bertz CT molecular complexity index is 5230. The molecule has 6 unspecified atom stereocenters. The molecule has 6 aliphatic heterocycles. The number of aliphatic hydroxyl groups excluding tert-OH is 1. The van der Waals surface area contributed by atoms with Gasteiger partial charge in [-0.15, -0.1) is 24.8 Å². The van der Waals surface area contributed by atoms with E-state index in [2.05, 4.69) is 36.0 Å². The zero-order chi connectivity index (χ0) is 98.0. The first kappa shape index (κ1) is 125. The van der Waals surface area contributed by atoms with Crippen LogP contribution in [-0.4, -0.2) is 253 Å². The zero-order valence-corrected chi connectivity index (χ0v) is 90.0. The van der Waals surface area contributed by atoms with E-state index in [9.17, 15) is 70.9 Å². The fourth-order valence-electron chi connectivity index (χ4n) is 12.4. The van der Waals surface area contributed by atoms with Crippen LogP contribution in [-0.2, 0) is 106 Å². The molecule has 6 atom stereocenters. The van der Waals surface area contributed by atoms with Gasteiger partial charge in [0.25, 0.3) is 9.05 Å². The number of aliphatic hydroxyl groups is 1. The third-order valence-corrected chi connectivity index (χ3v) is 33.2. The molecule has 0 amide bonds. The van der Waals surface area contributed by atoms with Crippen molar-refractivity contribution in [1.29, 1.82) is 0 Å². The zero-order valence-electron chi connectivity index (χ0n) is 70.6. The number of esters is 4. The number of carbonyl (C=O) groups is 6. The molecule has 0 saturated carbocycles. The molecule has 5 N–H and O–H groups in total. The third-order valence-electron chi connectivity index (χ3n) is 18.2. The van der Waals surface area contributed by atoms with Crippen molar-refractivity contribution in [2.75, 3.05) is 131 Å². The first-order valence-corrected chi connectivity index (χ1v) is 53.0. The van der Waals surface area contributed by atoms with Gasteiger partial charge in [-0.25, -0.2) is 51.7 Å². The van der Waals surface area contributed by atoms with Crippen molar-refractivity contribution < 1.29 is 115 Å². The average molecular weight is 2370 g/mol. The number of halogens is 19. The summed E-state index contributed by atoms with van der Waals surface area (Å²) in [6, 6.07) is 13.2. The number of carboxylic acids is 2. The number of rotatable bonds is 22. The highest BCUT2D eigenvalue weighted by Gasteiger charge is 2.42. The summed E-state index contributed by atoms with van der Waals surface area (Å²) in [4.78, 5) is 64.1. The smallest absolute Gasteiger partial charge is 0.332 e. The second-order valence-electron chi connectivity index (χ2n) is 30.5. The van der Waals surface area contributed by atoms with Crippen LogP contribution in [0.5, 0.6) is 0 Å². The van der Waals surface area contributed by atoms with Gasteiger partial charge in [-0.05, 0) is 172 Å². The summed E-state index contributed by atoms with van der Waals surface area (Å²) in [6.45, 7) is 15.9. The summed E-state index contributed by atoms with van der Waals surface area (Å²) < 4.78 is 158. The summed E-state index contributed by atoms with van der Waals surface area (Å²) in [5.41, 5.74) is -0.930. The molecule has 6 saturated heterocycles. The van der Waals surface area contributed by atoms with Crippen LogP contribution in [0.25, 0.3) is 0 Å². The van der Waals surface area contributed by atoms with Crippen molar-refractivity contribution in [3.63, 3.8) is 0 Å². The first-order valence-electron chi connectivity index (χ1n) is 38.1. The maximum absolute atomic E-state index is 12.9. The van der Waals surface area contributed by atoms with E-state index in [1.54, 1.807) is 20.8 Å². The molecule has 11 rings (SSSR count). The van der Waals surface area contributed by atoms with Crippen molar-refractivity contribution >= 4 is 310 Å². The number of sulfonamides is 4. The maximum Gasteiger partial charge on any atom is 0.332 e. The Morgan fingerprint density at radius 3 is 0.931 bits per heavy atom. The average Bonchev–Trinajstić information content (AvgIpc) is 1.76. The Labute approximate surface area is 862 Å². The molecule has 55 heteroatoms. The summed E-state index contributed by atoms with van der Waals surface area (Å²) in [7, 11) is -11.5. The van der Waals surface area contributed by atoms with Gasteiger partial charge < -0.3 is 54.4 Å². The Kier molecular flexibility index (Phi) is 54.6. The van der Waals surface area contributed by atoms with Crippen molar-refractivity contribution in [3.05, 3.63) is 136 Å². The van der Waals surface area contributed by atoms with E-state index < -0.39 is 91.1 Å². The minimum Gasteiger partial charge on any atom is -0.481 e. The van der Waals surface area contributed by atoms with Gasteiger partial charge in [0.15, 0.2) is 0 Å². The SMILES string of the molecule is CC(C)(C)OC(=O)CBr.CC(C)(C)OC(=O)COCC1CCN(S(=O)(=O)c2c(Cl)cc(Cl)cc2Cl)C1.COC(=O)C1CCN(S(=O)(=O)c2c(Cl)cc(Cl)cc2Cl)C1.COC(=O)C1CCNC1.Cl.Cl.O=C(O)C1CCNC1.O=C(O)COCC1CCN(S(=O)(=O)c2c(Cl)cc(Cl)cc2Cl)C1.O=S(=O)(Cl)c1c(Cl)cc(Cl)cc1Cl.O=S(=O)(c1c(Cl)cc(Cl)cc1Cl)N1CCC(CO)C1. The maximum atomic E-state index is 12.9. The topological polar surface area (TPSA) is 426 Å². The summed E-state index contributed by atoms with van der Waals surface area (Å²) in [6.07, 6.45) is 3.91. The van der Waals surface area contributed by atoms with Gasteiger partial charge in [0, 0.05) is 108 Å². The van der Waals surface area contributed by atoms with Crippen LogP contribution in [0.3, 0.4) is 0 Å². The van der Waals surface area contributed by atoms with Gasteiger partial charge in [-0.1, -0.05) is 190 Å². The van der Waals surface area contributed by atoms with Crippen molar-refractivity contribution in [1.82, 2.24) is 27.9 Å². The van der Waals surface area contributed by atoms with Gasteiger partial charge >= 0.3 is 35.8 Å². The Morgan fingerprint density at radius 2 is 0.679 bits per heavy atom. The lowest BCUT2D eigenvalue weighted by molar-refractivity contribution is -0.160. The molecule has 742 valence electrons. The van der Waals surface area contributed by atoms with Gasteiger partial charge in [0.1, 0.15) is 54.2 Å². The lowest BCUT2D eigenvalue weighted by Gasteiger charge is -2.20. The molecular weight excluding hydrogens is 2280 g/mol. The molecule has 0 radical (unpaired) electrons. The van der Waals surface area contributed by atoms with Crippen LogP contribution < -0.4 is 10.6 Å². The number of methoxy groups -OCH3 is 2. The molecule has 0 bridgehead atoms. The van der Waals surface area contributed by atoms with Crippen molar-refractivity contribution in [2.24, 2.45) is 35.5 Å². The summed E-state index contributed by atoms with van der Waals surface area (Å²) in [5, 5.41) is 33.2. The summed E-state index contributed by atoms with van der Waals surface area (Å²) in [5.74, 6) is -3.57. The number of hydrogen-bond acceptors (Lipinski definition) is 25. The molecule has 0 aliphatic carbocycles. The molecule has 5 aromatic rings. The largest absolute Gasteiger partial charge is 0.481 e. The molecule has 0 spiro atoms.